The third-order valence-electron chi connectivity index (χ3n) is 6.56. The molecule has 0 aliphatic heterocycles. The molecule has 2 aromatic carbocycles. The van der Waals surface area contributed by atoms with E-state index in [1.54, 1.807) is 33.9 Å². The minimum atomic E-state index is -0.886. The molecule has 0 fully saturated rings. The van der Waals surface area contributed by atoms with Crippen molar-refractivity contribution in [1.29, 1.82) is 0 Å². The quantitative estimate of drug-likeness (QED) is 0.121. The third kappa shape index (κ3) is 10.1. The summed E-state index contributed by atoms with van der Waals surface area (Å²) in [7, 11) is 3.04. The fourth-order valence-electron chi connectivity index (χ4n) is 4.38. The summed E-state index contributed by atoms with van der Waals surface area (Å²) in [5.41, 5.74) is 3.24. The molecule has 0 saturated carbocycles. The predicted molar refractivity (Wildman–Crippen MR) is 182 cm³/mol. The van der Waals surface area contributed by atoms with Crippen molar-refractivity contribution >= 4 is 35.6 Å². The van der Waals surface area contributed by atoms with Crippen LogP contribution in [0.2, 0.25) is 10.0 Å². The minimum absolute atomic E-state index is 0.276. The Morgan fingerprint density at radius 2 is 1.53 bits per heavy atom. The maximum Gasteiger partial charge on any atom is 0.237 e. The number of hydrogen-bond donors (Lipinski definition) is 4. The number of aliphatic imine (C=N–C) groups is 2. The van der Waals surface area contributed by atoms with Crippen LogP contribution in [-0.2, 0) is 11.3 Å². The van der Waals surface area contributed by atoms with Gasteiger partial charge in [0.25, 0.3) is 0 Å². The molecule has 3 aromatic rings. The number of aliphatic hydroxyl groups is 2. The average molecular weight is 658 g/mol. The molecule has 0 aliphatic carbocycles. The van der Waals surface area contributed by atoms with Crippen molar-refractivity contribution in [3.8, 4) is 28.3 Å². The van der Waals surface area contributed by atoms with E-state index in [0.717, 1.165) is 0 Å². The largest absolute Gasteiger partial charge is 0.480 e. The van der Waals surface area contributed by atoms with E-state index in [4.69, 9.17) is 32.7 Å². The number of halogens is 2. The van der Waals surface area contributed by atoms with Gasteiger partial charge in [0.2, 0.25) is 11.8 Å². The van der Waals surface area contributed by atoms with Gasteiger partial charge in [-0.25, -0.2) is 9.98 Å². The van der Waals surface area contributed by atoms with Crippen LogP contribution in [0, 0.1) is 0 Å². The zero-order valence-electron chi connectivity index (χ0n) is 26.8. The summed E-state index contributed by atoms with van der Waals surface area (Å²) >= 11 is 14.0. The van der Waals surface area contributed by atoms with Crippen molar-refractivity contribution in [2.45, 2.75) is 52.4 Å². The van der Waals surface area contributed by atoms with Crippen molar-refractivity contribution in [3.05, 3.63) is 75.5 Å². The Hall–Kier alpha value is -3.38. The monoisotopic (exact) mass is 656 g/mol. The molecule has 1 aromatic heterocycles. The molecule has 4 N–H and O–H groups in total. The fraction of sp³-hybridized carbons (Fsp3) is 0.394. The zero-order chi connectivity index (χ0) is 33.4. The van der Waals surface area contributed by atoms with Crippen molar-refractivity contribution < 1.29 is 19.7 Å². The Labute approximate surface area is 275 Å². The maximum atomic E-state index is 10.0. The van der Waals surface area contributed by atoms with Crippen LogP contribution in [0.1, 0.15) is 45.9 Å². The van der Waals surface area contributed by atoms with Crippen LogP contribution in [0.25, 0.3) is 22.4 Å². The Kier molecular flexibility index (Phi) is 12.6. The average Bonchev–Trinajstić information content (AvgIpc) is 2.97. The van der Waals surface area contributed by atoms with Gasteiger partial charge in [0.1, 0.15) is 11.4 Å². The van der Waals surface area contributed by atoms with E-state index in [9.17, 15) is 10.2 Å². The van der Waals surface area contributed by atoms with Crippen LogP contribution in [0.3, 0.4) is 0 Å². The van der Waals surface area contributed by atoms with E-state index in [-0.39, 0.29) is 5.88 Å². The molecule has 242 valence electrons. The van der Waals surface area contributed by atoms with Crippen LogP contribution in [0.4, 0.5) is 0 Å². The molecule has 0 atom stereocenters. The molecular weight excluding hydrogens is 615 g/mol. The predicted octanol–water partition coefficient (Wildman–Crippen LogP) is 5.67. The highest BCUT2D eigenvalue weighted by Gasteiger charge is 2.19. The molecular formula is C33H42Cl2N6O4. The summed E-state index contributed by atoms with van der Waals surface area (Å²) in [5.74, 6) is 0.633. The van der Waals surface area contributed by atoms with Gasteiger partial charge in [-0.1, -0.05) is 59.6 Å². The highest BCUT2D eigenvalue weighted by molar-refractivity contribution is 6.39. The summed E-state index contributed by atoms with van der Waals surface area (Å²) in [6.45, 7) is 13.7. The molecule has 0 amide bonds. The Bertz CT molecular complexity index is 1560. The lowest BCUT2D eigenvalue weighted by Gasteiger charge is -2.18. The Morgan fingerprint density at radius 1 is 0.933 bits per heavy atom. The van der Waals surface area contributed by atoms with Gasteiger partial charge in [-0.05, 0) is 41.3 Å². The van der Waals surface area contributed by atoms with Gasteiger partial charge in [-0.15, -0.1) is 0 Å². The van der Waals surface area contributed by atoms with Gasteiger partial charge in [-0.2, -0.15) is 0 Å². The van der Waals surface area contributed by atoms with Crippen molar-refractivity contribution in [2.24, 2.45) is 9.98 Å². The molecule has 12 heteroatoms. The van der Waals surface area contributed by atoms with Crippen LogP contribution in [-0.4, -0.2) is 77.7 Å². The first-order chi connectivity index (χ1) is 21.2. The minimum Gasteiger partial charge on any atom is -0.480 e. The summed E-state index contributed by atoms with van der Waals surface area (Å²) in [4.78, 5) is 18.0. The molecule has 0 radical (unpaired) electrons. The molecule has 3 rings (SSSR count). The number of hydrogen-bond acceptors (Lipinski definition) is 10. The maximum absolute atomic E-state index is 10.0. The van der Waals surface area contributed by atoms with E-state index in [2.05, 4.69) is 37.3 Å². The number of aromatic nitrogens is 2. The number of benzene rings is 2. The Balaban J connectivity index is 1.96. The zero-order valence-corrected chi connectivity index (χ0v) is 28.3. The molecule has 0 saturated heterocycles. The first-order valence-corrected chi connectivity index (χ1v) is 15.1. The van der Waals surface area contributed by atoms with Crippen molar-refractivity contribution in [3.63, 3.8) is 0 Å². The van der Waals surface area contributed by atoms with E-state index in [1.165, 1.54) is 14.2 Å². The normalized spacial score (nSPS) is 13.0. The molecule has 10 nitrogen and oxygen atoms in total. The first kappa shape index (κ1) is 36.1. The molecule has 0 spiro atoms. The van der Waals surface area contributed by atoms with Crippen LogP contribution in [0.5, 0.6) is 5.88 Å². The van der Waals surface area contributed by atoms with Gasteiger partial charge < -0.3 is 30.3 Å². The summed E-state index contributed by atoms with van der Waals surface area (Å²) < 4.78 is 11.0. The molecule has 0 bridgehead atoms. The summed E-state index contributed by atoms with van der Waals surface area (Å²) in [6, 6.07) is 11.3. The SMILES string of the molecule is C=N/C(CNCC(C)(C)O)=C(\N=C(C)c1cccc(-c2cccc(-c3cnc(CNCC(C)(C)O)c(OC)n3)c2Cl)c1Cl)OC. The van der Waals surface area contributed by atoms with Gasteiger partial charge in [0.05, 0.1) is 53.1 Å². The molecule has 45 heavy (non-hydrogen) atoms. The Morgan fingerprint density at radius 3 is 2.13 bits per heavy atom. The van der Waals surface area contributed by atoms with Crippen molar-refractivity contribution in [1.82, 2.24) is 20.6 Å². The summed E-state index contributed by atoms with van der Waals surface area (Å²) in [6.07, 6.45) is 1.64. The van der Waals surface area contributed by atoms with E-state index in [0.29, 0.717) is 87.2 Å². The van der Waals surface area contributed by atoms with Gasteiger partial charge in [-0.3, -0.25) is 9.98 Å². The first-order valence-electron chi connectivity index (χ1n) is 14.3. The lowest BCUT2D eigenvalue weighted by molar-refractivity contribution is 0.0791. The topological polar surface area (TPSA) is 133 Å². The number of ether oxygens (including phenoxy) is 2. The number of nitrogens with zero attached hydrogens (tertiary/aromatic N) is 4. The second-order valence-electron chi connectivity index (χ2n) is 11.7. The fourth-order valence-corrected chi connectivity index (χ4v) is 5.07. The van der Waals surface area contributed by atoms with E-state index < -0.39 is 11.2 Å². The highest BCUT2D eigenvalue weighted by atomic mass is 35.5. The number of methoxy groups -OCH3 is 2. The molecule has 0 unspecified atom stereocenters. The second-order valence-corrected chi connectivity index (χ2v) is 12.4. The summed E-state index contributed by atoms with van der Waals surface area (Å²) in [5, 5.41) is 27.2. The van der Waals surface area contributed by atoms with Gasteiger partial charge in [0, 0.05) is 48.4 Å². The number of rotatable bonds is 15. The van der Waals surface area contributed by atoms with Crippen LogP contribution >= 0.6 is 23.2 Å². The van der Waals surface area contributed by atoms with E-state index >= 15 is 0 Å². The lowest BCUT2D eigenvalue weighted by Crippen LogP contribution is -2.35. The molecule has 0 aliphatic rings. The third-order valence-corrected chi connectivity index (χ3v) is 7.37. The highest BCUT2D eigenvalue weighted by Crippen LogP contribution is 2.40. The second kappa shape index (κ2) is 15.8. The van der Waals surface area contributed by atoms with Crippen LogP contribution < -0.4 is 15.4 Å². The van der Waals surface area contributed by atoms with Gasteiger partial charge in [0.15, 0.2) is 0 Å². The van der Waals surface area contributed by atoms with Crippen molar-refractivity contribution in [2.75, 3.05) is 33.9 Å². The number of nitrogens with one attached hydrogen (secondary N) is 2. The molecule has 1 heterocycles. The smallest absolute Gasteiger partial charge is 0.237 e. The standard InChI is InChI=1S/C33H42Cl2N6O4/c1-20(40-30(44-7)26(36-6)15-37-18-32(2,3)42)21-11-9-12-22(28(21)34)23-13-10-14-24(29(23)35)25-17-39-27(31(41-25)45-8)16-38-19-33(4,5)43/h9-14,17,37-38,42-43H,6,15-16,18-19H2,1-5,7-8H3/b30-26+,40-20?. The van der Waals surface area contributed by atoms with Crippen LogP contribution in [0.15, 0.2) is 64.2 Å². The lowest BCUT2D eigenvalue weighted by atomic mass is 9.98. The van der Waals surface area contributed by atoms with Gasteiger partial charge >= 0.3 is 0 Å². The van der Waals surface area contributed by atoms with E-state index in [1.807, 2.05) is 43.3 Å².